The molecule has 5 nitrogen and oxygen atoms in total. The summed E-state index contributed by atoms with van der Waals surface area (Å²) >= 11 is 1.33. The number of carbonyl (C=O) groups excluding carboxylic acids is 1. The number of benzene rings is 1. The van der Waals surface area contributed by atoms with Gasteiger partial charge in [-0.2, -0.15) is 4.99 Å². The van der Waals surface area contributed by atoms with Gasteiger partial charge in [0, 0.05) is 17.8 Å². The summed E-state index contributed by atoms with van der Waals surface area (Å²) in [6.07, 6.45) is 1.40. The lowest BCUT2D eigenvalue weighted by Gasteiger charge is -2.09. The van der Waals surface area contributed by atoms with Crippen molar-refractivity contribution in [2.24, 2.45) is 10.7 Å². The van der Waals surface area contributed by atoms with Gasteiger partial charge in [-0.1, -0.05) is 23.9 Å². The molecule has 0 saturated heterocycles. The van der Waals surface area contributed by atoms with Crippen molar-refractivity contribution < 1.29 is 9.53 Å². The van der Waals surface area contributed by atoms with Crippen LogP contribution in [0.1, 0.15) is 22.5 Å². The minimum absolute atomic E-state index is 0.149. The van der Waals surface area contributed by atoms with Gasteiger partial charge in [0.1, 0.15) is 5.75 Å². The number of carbonyl (C=O) groups is 1. The van der Waals surface area contributed by atoms with Crippen LogP contribution in [-0.4, -0.2) is 27.9 Å². The van der Waals surface area contributed by atoms with Gasteiger partial charge in [0.05, 0.1) is 11.9 Å². The summed E-state index contributed by atoms with van der Waals surface area (Å²) in [5.41, 5.74) is 9.94. The van der Waals surface area contributed by atoms with Gasteiger partial charge in [-0.25, -0.2) is 0 Å². The third-order valence-corrected chi connectivity index (χ3v) is 4.87. The first-order chi connectivity index (χ1) is 12.0. The van der Waals surface area contributed by atoms with Gasteiger partial charge in [-0.3, -0.25) is 9.78 Å². The van der Waals surface area contributed by atoms with E-state index in [1.54, 1.807) is 0 Å². The van der Waals surface area contributed by atoms with E-state index in [-0.39, 0.29) is 11.2 Å². The lowest BCUT2D eigenvalue weighted by Crippen LogP contribution is -2.14. The van der Waals surface area contributed by atoms with Crippen LogP contribution in [-0.2, 0) is 17.6 Å². The second kappa shape index (κ2) is 7.70. The number of aliphatic imine (C=N–C) groups is 1. The molecule has 0 radical (unpaired) electrons. The van der Waals surface area contributed by atoms with Crippen molar-refractivity contribution in [1.82, 2.24) is 4.98 Å². The standard InChI is InChI=1S/C19H21N3O2S/c1-12-9-13(2)21-15(10-12)7-8-24-16-5-3-14(4-6-16)11-17-18(23)22-19(20)25-17/h3-6,9-10,17H,7-8,11H2,1-2H3,(H2,20,22,23). The Labute approximate surface area is 151 Å². The van der Waals surface area contributed by atoms with E-state index >= 15 is 0 Å². The van der Waals surface area contributed by atoms with Crippen LogP contribution < -0.4 is 10.5 Å². The Hall–Kier alpha value is -2.34. The minimum atomic E-state index is -0.206. The number of amidine groups is 1. The second-order valence-electron chi connectivity index (χ2n) is 6.12. The quantitative estimate of drug-likeness (QED) is 0.862. The number of hydrogen-bond acceptors (Lipinski definition) is 5. The summed E-state index contributed by atoms with van der Waals surface area (Å²) in [6, 6.07) is 12.0. The van der Waals surface area contributed by atoms with Crippen molar-refractivity contribution in [3.05, 3.63) is 58.9 Å². The SMILES string of the molecule is Cc1cc(C)nc(CCOc2ccc(CC3SC(N)=NC3=O)cc2)c1. The van der Waals surface area contributed by atoms with Gasteiger partial charge in [0.15, 0.2) is 5.17 Å². The molecular formula is C19H21N3O2S. The van der Waals surface area contributed by atoms with E-state index in [0.717, 1.165) is 29.1 Å². The molecule has 1 unspecified atom stereocenters. The number of hydrogen-bond donors (Lipinski definition) is 1. The molecule has 2 heterocycles. The molecule has 2 aromatic rings. The highest BCUT2D eigenvalue weighted by atomic mass is 32.2. The predicted molar refractivity (Wildman–Crippen MR) is 101 cm³/mol. The van der Waals surface area contributed by atoms with E-state index in [1.165, 1.54) is 17.3 Å². The van der Waals surface area contributed by atoms with Crippen LogP contribution in [0.15, 0.2) is 41.4 Å². The van der Waals surface area contributed by atoms with Gasteiger partial charge in [0.25, 0.3) is 5.91 Å². The number of nitrogens with two attached hydrogens (primary N) is 1. The Kier molecular flexibility index (Phi) is 5.38. The molecule has 25 heavy (non-hydrogen) atoms. The van der Waals surface area contributed by atoms with E-state index in [1.807, 2.05) is 31.2 Å². The highest BCUT2D eigenvalue weighted by molar-refractivity contribution is 8.15. The van der Waals surface area contributed by atoms with Crippen LogP contribution in [0.5, 0.6) is 5.75 Å². The van der Waals surface area contributed by atoms with Crippen LogP contribution in [0.2, 0.25) is 0 Å². The lowest BCUT2D eigenvalue weighted by atomic mass is 10.1. The lowest BCUT2D eigenvalue weighted by molar-refractivity contribution is -0.117. The Morgan fingerprint density at radius 2 is 1.96 bits per heavy atom. The Morgan fingerprint density at radius 1 is 1.20 bits per heavy atom. The predicted octanol–water partition coefficient (Wildman–Crippen LogP) is 2.82. The van der Waals surface area contributed by atoms with Gasteiger partial charge in [0.2, 0.25) is 0 Å². The van der Waals surface area contributed by atoms with Crippen molar-refractivity contribution in [3.8, 4) is 5.75 Å². The largest absolute Gasteiger partial charge is 0.493 e. The zero-order chi connectivity index (χ0) is 17.8. The van der Waals surface area contributed by atoms with Crippen molar-refractivity contribution in [2.75, 3.05) is 6.61 Å². The molecule has 0 aliphatic carbocycles. The molecule has 0 fully saturated rings. The number of nitrogens with zero attached hydrogens (tertiary/aromatic N) is 2. The molecule has 1 aromatic heterocycles. The molecule has 2 N–H and O–H groups in total. The molecule has 1 amide bonds. The maximum atomic E-state index is 11.7. The Balaban J connectivity index is 1.50. The maximum Gasteiger partial charge on any atom is 0.261 e. The summed E-state index contributed by atoms with van der Waals surface area (Å²) in [5, 5.41) is 0.150. The van der Waals surface area contributed by atoms with E-state index < -0.39 is 0 Å². The van der Waals surface area contributed by atoms with Crippen LogP contribution in [0.3, 0.4) is 0 Å². The van der Waals surface area contributed by atoms with Crippen LogP contribution in [0.25, 0.3) is 0 Å². The molecule has 0 spiro atoms. The normalized spacial score (nSPS) is 16.8. The van der Waals surface area contributed by atoms with Crippen molar-refractivity contribution in [1.29, 1.82) is 0 Å². The van der Waals surface area contributed by atoms with E-state index in [9.17, 15) is 4.79 Å². The molecule has 0 saturated carbocycles. The molecular weight excluding hydrogens is 334 g/mol. The number of rotatable bonds is 6. The zero-order valence-corrected chi connectivity index (χ0v) is 15.2. The van der Waals surface area contributed by atoms with E-state index in [0.29, 0.717) is 18.2 Å². The van der Waals surface area contributed by atoms with E-state index in [4.69, 9.17) is 10.5 Å². The number of thioether (sulfide) groups is 1. The summed E-state index contributed by atoms with van der Waals surface area (Å²) in [6.45, 7) is 4.66. The number of aromatic nitrogens is 1. The van der Waals surface area contributed by atoms with E-state index in [2.05, 4.69) is 29.0 Å². The Morgan fingerprint density at radius 3 is 2.60 bits per heavy atom. The van der Waals surface area contributed by atoms with Crippen LogP contribution in [0, 0.1) is 13.8 Å². The molecule has 1 aliphatic rings. The van der Waals surface area contributed by atoms with Crippen molar-refractivity contribution >= 4 is 22.8 Å². The average molecular weight is 355 g/mol. The number of ether oxygens (including phenoxy) is 1. The first kappa shape index (κ1) is 17.5. The second-order valence-corrected chi connectivity index (χ2v) is 7.34. The highest BCUT2D eigenvalue weighted by Gasteiger charge is 2.26. The highest BCUT2D eigenvalue weighted by Crippen LogP contribution is 2.24. The fourth-order valence-electron chi connectivity index (χ4n) is 2.79. The molecule has 1 aliphatic heterocycles. The van der Waals surface area contributed by atoms with Gasteiger partial charge < -0.3 is 10.5 Å². The first-order valence-corrected chi connectivity index (χ1v) is 9.08. The molecule has 1 aromatic carbocycles. The molecule has 1 atom stereocenters. The summed E-state index contributed by atoms with van der Waals surface area (Å²) in [5.74, 6) is 0.665. The summed E-state index contributed by atoms with van der Waals surface area (Å²) in [7, 11) is 0. The minimum Gasteiger partial charge on any atom is -0.493 e. The van der Waals surface area contributed by atoms with Gasteiger partial charge in [-0.05, 0) is 55.7 Å². The third-order valence-electron chi connectivity index (χ3n) is 3.88. The van der Waals surface area contributed by atoms with Crippen molar-refractivity contribution in [2.45, 2.75) is 31.9 Å². The third kappa shape index (κ3) is 4.82. The smallest absolute Gasteiger partial charge is 0.261 e. The zero-order valence-electron chi connectivity index (χ0n) is 14.4. The summed E-state index contributed by atoms with van der Waals surface area (Å²) in [4.78, 5) is 19.9. The fraction of sp³-hybridized carbons (Fsp3) is 0.316. The summed E-state index contributed by atoms with van der Waals surface area (Å²) < 4.78 is 5.80. The fourth-order valence-corrected chi connectivity index (χ4v) is 3.66. The van der Waals surface area contributed by atoms with Gasteiger partial charge in [-0.15, -0.1) is 0 Å². The number of aryl methyl sites for hydroxylation is 2. The van der Waals surface area contributed by atoms with Crippen LogP contribution >= 0.6 is 11.8 Å². The number of amides is 1. The molecule has 3 rings (SSSR count). The molecule has 130 valence electrons. The maximum absolute atomic E-state index is 11.7. The average Bonchev–Trinajstić information content (AvgIpc) is 2.86. The topological polar surface area (TPSA) is 77.6 Å². The first-order valence-electron chi connectivity index (χ1n) is 8.20. The monoisotopic (exact) mass is 355 g/mol. The van der Waals surface area contributed by atoms with Crippen molar-refractivity contribution in [3.63, 3.8) is 0 Å². The van der Waals surface area contributed by atoms with Gasteiger partial charge >= 0.3 is 0 Å². The number of pyridine rings is 1. The molecule has 0 bridgehead atoms. The molecule has 6 heteroatoms. The van der Waals surface area contributed by atoms with Crippen LogP contribution in [0.4, 0.5) is 0 Å². The Bertz CT molecular complexity index is 783.